The van der Waals surface area contributed by atoms with Crippen molar-refractivity contribution in [1.82, 2.24) is 19.7 Å². The molecule has 0 bridgehead atoms. The van der Waals surface area contributed by atoms with Crippen molar-refractivity contribution in [1.29, 1.82) is 0 Å². The van der Waals surface area contributed by atoms with Crippen molar-refractivity contribution in [3.63, 3.8) is 0 Å². The molecule has 5 nitrogen and oxygen atoms in total. The number of hydrogen-bond acceptors (Lipinski definition) is 4. The smallest absolute Gasteiger partial charge is 0.168 e. The van der Waals surface area contributed by atoms with E-state index < -0.39 is 0 Å². The van der Waals surface area contributed by atoms with Crippen molar-refractivity contribution in [2.45, 2.75) is 32.7 Å². The van der Waals surface area contributed by atoms with Gasteiger partial charge in [0.2, 0.25) is 0 Å². The lowest BCUT2D eigenvalue weighted by Crippen LogP contribution is -2.20. The van der Waals surface area contributed by atoms with Gasteiger partial charge in [-0.1, -0.05) is 42.0 Å². The van der Waals surface area contributed by atoms with Crippen LogP contribution in [0.4, 0.5) is 0 Å². The van der Waals surface area contributed by atoms with E-state index in [4.69, 9.17) is 0 Å². The number of hydrogen-bond donors (Lipinski definition) is 0. The molecule has 0 aliphatic carbocycles. The van der Waals surface area contributed by atoms with Gasteiger partial charge in [-0.05, 0) is 55.9 Å². The minimum atomic E-state index is 0.0909. The molecule has 1 aliphatic rings. The number of aromatic nitrogens is 3. The average molecular weight is 425 g/mol. The number of benzene rings is 2. The molecule has 2 aromatic heterocycles. The van der Waals surface area contributed by atoms with Crippen LogP contribution in [0.2, 0.25) is 0 Å². The molecule has 2 aromatic carbocycles. The Morgan fingerprint density at radius 3 is 2.53 bits per heavy atom. The summed E-state index contributed by atoms with van der Waals surface area (Å²) < 4.78 is 2.00. The van der Waals surface area contributed by atoms with Crippen molar-refractivity contribution in [2.24, 2.45) is 7.05 Å². The highest BCUT2D eigenvalue weighted by molar-refractivity contribution is 5.98. The normalized spacial score (nSPS) is 14.3. The number of rotatable bonds is 6. The number of carbonyl (C=O) groups excluding carboxylic acids is 1. The van der Waals surface area contributed by atoms with Crippen LogP contribution in [-0.2, 0) is 20.0 Å². The van der Waals surface area contributed by atoms with Gasteiger partial charge in [-0.2, -0.15) is 5.10 Å². The first-order valence-corrected chi connectivity index (χ1v) is 11.3. The average Bonchev–Trinajstić information content (AvgIpc) is 3.44. The lowest BCUT2D eigenvalue weighted by Gasteiger charge is -2.16. The third-order valence-corrected chi connectivity index (χ3v) is 6.44. The molecular formula is C27H28N4O. The monoisotopic (exact) mass is 424 g/mol. The van der Waals surface area contributed by atoms with Gasteiger partial charge in [-0.15, -0.1) is 0 Å². The standard InChI is InChI=1S/C27H28N4O/c1-19-5-7-20(8-6-19)27(32)15-24-14-23-13-21(9-10-22(23)16-28-24)25-17-29-30(2)26(25)18-31-11-3-4-12-31/h5-10,13-14,16-17H,3-4,11-12,15,18H2,1-2H3. The summed E-state index contributed by atoms with van der Waals surface area (Å²) >= 11 is 0. The van der Waals surface area contributed by atoms with Crippen LogP contribution in [-0.4, -0.2) is 38.5 Å². The van der Waals surface area contributed by atoms with Gasteiger partial charge in [0.15, 0.2) is 5.78 Å². The number of pyridine rings is 1. The van der Waals surface area contributed by atoms with Gasteiger partial charge in [-0.3, -0.25) is 19.4 Å². The maximum atomic E-state index is 12.7. The maximum absolute atomic E-state index is 12.7. The van der Waals surface area contributed by atoms with E-state index in [-0.39, 0.29) is 5.78 Å². The first-order valence-electron chi connectivity index (χ1n) is 11.3. The van der Waals surface area contributed by atoms with Gasteiger partial charge >= 0.3 is 0 Å². The van der Waals surface area contributed by atoms with E-state index in [0.717, 1.165) is 52.8 Å². The summed E-state index contributed by atoms with van der Waals surface area (Å²) in [6.07, 6.45) is 6.69. The fourth-order valence-electron chi connectivity index (χ4n) is 4.50. The van der Waals surface area contributed by atoms with Gasteiger partial charge in [0.25, 0.3) is 0 Å². The molecule has 0 spiro atoms. The molecule has 4 aromatic rings. The molecule has 32 heavy (non-hydrogen) atoms. The zero-order valence-electron chi connectivity index (χ0n) is 18.7. The van der Waals surface area contributed by atoms with Crippen LogP contribution < -0.4 is 0 Å². The molecule has 0 amide bonds. The predicted molar refractivity (Wildman–Crippen MR) is 128 cm³/mol. The summed E-state index contributed by atoms with van der Waals surface area (Å²) in [5, 5.41) is 6.72. The zero-order chi connectivity index (χ0) is 22.1. The number of Topliss-reactive ketones (excluding diaryl/α,β-unsaturated/α-hetero) is 1. The fourth-order valence-corrected chi connectivity index (χ4v) is 4.50. The van der Waals surface area contributed by atoms with Gasteiger partial charge in [0.1, 0.15) is 0 Å². The summed E-state index contributed by atoms with van der Waals surface area (Å²) in [6, 6.07) is 16.2. The van der Waals surface area contributed by atoms with E-state index in [1.54, 1.807) is 0 Å². The van der Waals surface area contributed by atoms with Crippen molar-refractivity contribution in [3.05, 3.63) is 83.4 Å². The molecule has 0 N–H and O–H groups in total. The van der Waals surface area contributed by atoms with Gasteiger partial charge < -0.3 is 0 Å². The Labute approximate surface area is 188 Å². The molecule has 1 aliphatic heterocycles. The van der Waals surface area contributed by atoms with Crippen LogP contribution in [0.1, 0.15) is 40.2 Å². The Morgan fingerprint density at radius 2 is 1.75 bits per heavy atom. The molecule has 162 valence electrons. The molecule has 0 saturated carbocycles. The lowest BCUT2D eigenvalue weighted by molar-refractivity contribution is 0.0992. The Bertz CT molecular complexity index is 1270. The topological polar surface area (TPSA) is 51.0 Å². The Morgan fingerprint density at radius 1 is 0.969 bits per heavy atom. The summed E-state index contributed by atoms with van der Waals surface area (Å²) in [4.78, 5) is 19.7. The van der Waals surface area contributed by atoms with Crippen LogP contribution in [0.25, 0.3) is 21.9 Å². The third kappa shape index (κ3) is 4.21. The van der Waals surface area contributed by atoms with E-state index in [1.165, 1.54) is 24.1 Å². The third-order valence-electron chi connectivity index (χ3n) is 6.44. The highest BCUT2D eigenvalue weighted by Crippen LogP contribution is 2.29. The summed E-state index contributed by atoms with van der Waals surface area (Å²) in [7, 11) is 2.02. The largest absolute Gasteiger partial charge is 0.298 e. The lowest BCUT2D eigenvalue weighted by atomic mass is 10.0. The van der Waals surface area contributed by atoms with Crippen LogP contribution in [0, 0.1) is 6.92 Å². The second kappa shape index (κ2) is 8.67. The zero-order valence-corrected chi connectivity index (χ0v) is 18.7. The summed E-state index contributed by atoms with van der Waals surface area (Å²) in [5.74, 6) is 0.0909. The molecule has 5 heteroatoms. The second-order valence-electron chi connectivity index (χ2n) is 8.82. The number of nitrogens with zero attached hydrogens (tertiary/aromatic N) is 4. The van der Waals surface area contributed by atoms with Crippen molar-refractivity contribution in [3.8, 4) is 11.1 Å². The van der Waals surface area contributed by atoms with Gasteiger partial charge in [-0.25, -0.2) is 0 Å². The summed E-state index contributed by atoms with van der Waals surface area (Å²) in [5.41, 5.74) is 6.25. The van der Waals surface area contributed by atoms with Crippen molar-refractivity contribution < 1.29 is 4.79 Å². The maximum Gasteiger partial charge on any atom is 0.168 e. The highest BCUT2D eigenvalue weighted by Gasteiger charge is 2.18. The highest BCUT2D eigenvalue weighted by atomic mass is 16.1. The fraction of sp³-hybridized carbons (Fsp3) is 0.296. The van der Waals surface area contributed by atoms with Gasteiger partial charge in [0, 0.05) is 42.0 Å². The SMILES string of the molecule is Cc1ccc(C(=O)Cc2cc3cc(-c4cnn(C)c4CN4CCCC4)ccc3cn2)cc1. The van der Waals surface area contributed by atoms with Crippen LogP contribution in [0.3, 0.4) is 0 Å². The molecular weight excluding hydrogens is 396 g/mol. The number of likely N-dealkylation sites (tertiary alicyclic amines) is 1. The van der Waals surface area contributed by atoms with Crippen molar-refractivity contribution >= 4 is 16.6 Å². The first-order chi connectivity index (χ1) is 15.6. The van der Waals surface area contributed by atoms with E-state index >= 15 is 0 Å². The van der Waals surface area contributed by atoms with Crippen molar-refractivity contribution in [2.75, 3.05) is 13.1 Å². The summed E-state index contributed by atoms with van der Waals surface area (Å²) in [6.45, 7) is 5.27. The molecule has 0 atom stereocenters. The second-order valence-corrected chi connectivity index (χ2v) is 8.82. The molecule has 5 rings (SSSR count). The molecule has 1 fully saturated rings. The first kappa shape index (κ1) is 20.6. The van der Waals surface area contributed by atoms with E-state index in [9.17, 15) is 4.79 Å². The number of ketones is 1. The molecule has 0 unspecified atom stereocenters. The van der Waals surface area contributed by atoms with Crippen LogP contribution >= 0.6 is 0 Å². The molecule has 1 saturated heterocycles. The Hall–Kier alpha value is -3.31. The Balaban J connectivity index is 1.43. The van der Waals surface area contributed by atoms with Crippen LogP contribution in [0.15, 0.2) is 60.9 Å². The van der Waals surface area contributed by atoms with E-state index in [0.29, 0.717) is 6.42 Å². The van der Waals surface area contributed by atoms with Gasteiger partial charge in [0.05, 0.1) is 18.3 Å². The number of aryl methyl sites for hydroxylation is 2. The minimum absolute atomic E-state index is 0.0909. The minimum Gasteiger partial charge on any atom is -0.298 e. The van der Waals surface area contributed by atoms with E-state index in [2.05, 4.69) is 33.2 Å². The quantitative estimate of drug-likeness (QED) is 0.410. The number of fused-ring (bicyclic) bond motifs is 1. The van der Waals surface area contributed by atoms with E-state index in [1.807, 2.05) is 61.4 Å². The number of carbonyl (C=O) groups is 1. The Kier molecular flexibility index (Phi) is 5.58. The molecule has 3 heterocycles. The molecule has 0 radical (unpaired) electrons. The van der Waals surface area contributed by atoms with Crippen LogP contribution in [0.5, 0.6) is 0 Å². The predicted octanol–water partition coefficient (Wildman–Crippen LogP) is 4.96.